The van der Waals surface area contributed by atoms with Crippen molar-refractivity contribution < 1.29 is 31.1 Å². The van der Waals surface area contributed by atoms with Gasteiger partial charge >= 0.3 is 12.4 Å². The molecule has 3 rings (SSSR count). The number of likely N-dealkylation sites (N-methyl/N-ethyl adjacent to an activating group) is 1. The lowest BCUT2D eigenvalue weighted by molar-refractivity contribution is -0.143. The van der Waals surface area contributed by atoms with Gasteiger partial charge in [0, 0.05) is 5.54 Å². The SMILES string of the molecule is CN(C)C1(C(NC(=O)c2ccc(C(F)(F)F)cc2C(F)(F)F)c2ccccc2)CCCC1. The second-order valence-corrected chi connectivity index (χ2v) is 8.28. The van der Waals surface area contributed by atoms with Crippen LogP contribution in [0.15, 0.2) is 48.5 Å². The van der Waals surface area contributed by atoms with Crippen LogP contribution in [0.3, 0.4) is 0 Å². The summed E-state index contributed by atoms with van der Waals surface area (Å²) in [4.78, 5) is 15.0. The van der Waals surface area contributed by atoms with E-state index in [1.807, 2.05) is 19.0 Å². The molecule has 1 N–H and O–H groups in total. The Balaban J connectivity index is 2.06. The van der Waals surface area contributed by atoms with Gasteiger partial charge in [-0.2, -0.15) is 26.3 Å². The van der Waals surface area contributed by atoms with Gasteiger partial charge in [0.2, 0.25) is 0 Å². The van der Waals surface area contributed by atoms with Gasteiger partial charge in [0.05, 0.1) is 22.7 Å². The van der Waals surface area contributed by atoms with E-state index in [1.165, 1.54) is 0 Å². The third kappa shape index (κ3) is 4.77. The third-order valence-corrected chi connectivity index (χ3v) is 6.20. The van der Waals surface area contributed by atoms with E-state index in [9.17, 15) is 31.1 Å². The van der Waals surface area contributed by atoms with E-state index in [-0.39, 0.29) is 6.07 Å². The van der Waals surface area contributed by atoms with Crippen molar-refractivity contribution in [2.45, 2.75) is 49.6 Å². The summed E-state index contributed by atoms with van der Waals surface area (Å²) >= 11 is 0. The largest absolute Gasteiger partial charge is 0.417 e. The fourth-order valence-corrected chi connectivity index (χ4v) is 4.52. The molecule has 1 fully saturated rings. The number of nitrogens with zero attached hydrogens (tertiary/aromatic N) is 1. The van der Waals surface area contributed by atoms with Crippen LogP contribution >= 0.6 is 0 Å². The smallest absolute Gasteiger partial charge is 0.343 e. The molecule has 0 heterocycles. The van der Waals surface area contributed by atoms with Crippen LogP contribution in [0.2, 0.25) is 0 Å². The maximum Gasteiger partial charge on any atom is 0.417 e. The number of carbonyl (C=O) groups is 1. The molecule has 0 aromatic heterocycles. The van der Waals surface area contributed by atoms with Gasteiger partial charge in [-0.15, -0.1) is 0 Å². The second-order valence-electron chi connectivity index (χ2n) is 8.28. The van der Waals surface area contributed by atoms with Gasteiger partial charge in [-0.3, -0.25) is 4.79 Å². The van der Waals surface area contributed by atoms with Crippen LogP contribution in [0, 0.1) is 0 Å². The van der Waals surface area contributed by atoms with E-state index in [2.05, 4.69) is 5.32 Å². The van der Waals surface area contributed by atoms with Crippen LogP contribution in [0.25, 0.3) is 0 Å². The van der Waals surface area contributed by atoms with Crippen molar-refractivity contribution in [1.82, 2.24) is 10.2 Å². The number of amides is 1. The van der Waals surface area contributed by atoms with Crippen LogP contribution in [-0.2, 0) is 12.4 Å². The first-order valence-electron chi connectivity index (χ1n) is 10.2. The summed E-state index contributed by atoms with van der Waals surface area (Å²) in [5.74, 6) is -1.06. The molecular formula is C23H24F6N2O. The maximum absolute atomic E-state index is 13.6. The number of benzene rings is 2. The zero-order chi connectivity index (χ0) is 23.7. The number of nitrogens with one attached hydrogen (secondary N) is 1. The van der Waals surface area contributed by atoms with E-state index in [1.54, 1.807) is 30.3 Å². The molecule has 0 spiro atoms. The molecule has 2 aromatic carbocycles. The number of hydrogen-bond acceptors (Lipinski definition) is 2. The predicted molar refractivity (Wildman–Crippen MR) is 108 cm³/mol. The highest BCUT2D eigenvalue weighted by atomic mass is 19.4. The Morgan fingerprint density at radius 1 is 0.938 bits per heavy atom. The molecule has 3 nitrogen and oxygen atoms in total. The number of halogens is 6. The van der Waals surface area contributed by atoms with Crippen LogP contribution in [0.1, 0.15) is 58.8 Å². The van der Waals surface area contributed by atoms with E-state index >= 15 is 0 Å². The average molecular weight is 458 g/mol. The Morgan fingerprint density at radius 3 is 2.03 bits per heavy atom. The highest BCUT2D eigenvalue weighted by molar-refractivity contribution is 5.96. The average Bonchev–Trinajstić information content (AvgIpc) is 3.22. The molecule has 1 unspecified atom stereocenters. The van der Waals surface area contributed by atoms with Gasteiger partial charge < -0.3 is 10.2 Å². The lowest BCUT2D eigenvalue weighted by atomic mass is 9.82. The lowest BCUT2D eigenvalue weighted by Gasteiger charge is -2.44. The van der Waals surface area contributed by atoms with E-state index in [0.717, 1.165) is 31.2 Å². The molecule has 0 saturated heterocycles. The Kier molecular flexibility index (Phi) is 6.60. The Hall–Kier alpha value is -2.55. The number of carbonyl (C=O) groups excluding carboxylic acids is 1. The molecule has 1 aliphatic carbocycles. The molecule has 1 atom stereocenters. The molecule has 0 aliphatic heterocycles. The van der Waals surface area contributed by atoms with Gasteiger partial charge in [0.1, 0.15) is 0 Å². The summed E-state index contributed by atoms with van der Waals surface area (Å²) in [6, 6.07) is 9.34. The minimum Gasteiger partial charge on any atom is -0.343 e. The number of rotatable bonds is 5. The first-order chi connectivity index (χ1) is 14.9. The Labute approximate surface area is 182 Å². The molecule has 32 heavy (non-hydrogen) atoms. The Morgan fingerprint density at radius 2 is 1.53 bits per heavy atom. The summed E-state index contributed by atoms with van der Waals surface area (Å²) in [5, 5.41) is 2.72. The minimum atomic E-state index is -5.12. The van der Waals surface area contributed by atoms with Crippen molar-refractivity contribution in [3.63, 3.8) is 0 Å². The van der Waals surface area contributed by atoms with Crippen LogP contribution in [-0.4, -0.2) is 30.4 Å². The highest BCUT2D eigenvalue weighted by Gasteiger charge is 2.46. The summed E-state index contributed by atoms with van der Waals surface area (Å²) < 4.78 is 79.7. The monoisotopic (exact) mass is 458 g/mol. The summed E-state index contributed by atoms with van der Waals surface area (Å²) in [6.07, 6.45) is -6.85. The van der Waals surface area contributed by atoms with Gasteiger partial charge in [-0.25, -0.2) is 0 Å². The summed E-state index contributed by atoms with van der Waals surface area (Å²) in [7, 11) is 3.71. The van der Waals surface area contributed by atoms with Crippen molar-refractivity contribution >= 4 is 5.91 Å². The van der Waals surface area contributed by atoms with E-state index < -0.39 is 46.5 Å². The summed E-state index contributed by atoms with van der Waals surface area (Å²) in [5.41, 5.74) is -3.71. The molecule has 0 bridgehead atoms. The molecule has 174 valence electrons. The highest BCUT2D eigenvalue weighted by Crippen LogP contribution is 2.44. The lowest BCUT2D eigenvalue weighted by Crippen LogP contribution is -2.53. The van der Waals surface area contributed by atoms with Gasteiger partial charge in [0.15, 0.2) is 0 Å². The molecule has 9 heteroatoms. The van der Waals surface area contributed by atoms with E-state index in [4.69, 9.17) is 0 Å². The topological polar surface area (TPSA) is 32.3 Å². The fourth-order valence-electron chi connectivity index (χ4n) is 4.52. The quantitative estimate of drug-likeness (QED) is 0.552. The van der Waals surface area contributed by atoms with Crippen LogP contribution in [0.4, 0.5) is 26.3 Å². The fraction of sp³-hybridized carbons (Fsp3) is 0.435. The molecular weight excluding hydrogens is 434 g/mol. The third-order valence-electron chi connectivity index (χ3n) is 6.20. The first kappa shape index (κ1) is 24.1. The van der Waals surface area contributed by atoms with E-state index in [0.29, 0.717) is 12.1 Å². The molecule has 1 saturated carbocycles. The zero-order valence-electron chi connectivity index (χ0n) is 17.6. The minimum absolute atomic E-state index is 0.0102. The van der Waals surface area contributed by atoms with Crippen molar-refractivity contribution in [3.8, 4) is 0 Å². The predicted octanol–water partition coefficient (Wildman–Crippen LogP) is 6.07. The Bertz CT molecular complexity index is 947. The molecule has 1 amide bonds. The van der Waals surface area contributed by atoms with Crippen molar-refractivity contribution in [2.75, 3.05) is 14.1 Å². The van der Waals surface area contributed by atoms with Crippen LogP contribution < -0.4 is 5.32 Å². The van der Waals surface area contributed by atoms with Gasteiger partial charge in [0.25, 0.3) is 5.91 Å². The van der Waals surface area contributed by atoms with Crippen LogP contribution in [0.5, 0.6) is 0 Å². The van der Waals surface area contributed by atoms with Gasteiger partial charge in [-0.1, -0.05) is 43.2 Å². The number of hydrogen-bond donors (Lipinski definition) is 1. The molecule has 2 aromatic rings. The number of alkyl halides is 6. The van der Waals surface area contributed by atoms with Crippen molar-refractivity contribution in [1.29, 1.82) is 0 Å². The maximum atomic E-state index is 13.6. The second kappa shape index (κ2) is 8.77. The first-order valence-corrected chi connectivity index (χ1v) is 10.2. The normalized spacial score (nSPS) is 17.4. The van der Waals surface area contributed by atoms with Gasteiger partial charge in [-0.05, 0) is 50.7 Å². The molecule has 0 radical (unpaired) electrons. The standard InChI is InChI=1S/C23H24F6N2O/c1-31(2)21(12-6-7-13-21)19(15-8-4-3-5-9-15)30-20(32)17-11-10-16(22(24,25)26)14-18(17)23(27,28)29/h3-5,8-11,14,19H,6-7,12-13H2,1-2H3,(H,30,32). The van der Waals surface area contributed by atoms with Crippen molar-refractivity contribution in [2.24, 2.45) is 0 Å². The zero-order valence-corrected chi connectivity index (χ0v) is 17.6. The summed E-state index contributed by atoms with van der Waals surface area (Å²) in [6.45, 7) is 0. The van der Waals surface area contributed by atoms with Crippen molar-refractivity contribution in [3.05, 3.63) is 70.8 Å². The molecule has 1 aliphatic rings.